The zero-order chi connectivity index (χ0) is 17.7. The molecule has 130 valence electrons. The Labute approximate surface area is 145 Å². The molecule has 0 radical (unpaired) electrons. The molecule has 0 saturated carbocycles. The standard InChI is InChI=1S/C16H20ClN3O4/c1-3-10(2)24-16(23)20-6-4-11(5-7-20)19-13-8-14(17)18-9-12(13)15(21)22/h3,8-9,11H,4-7H2,1-2H3,(H,18,19)(H,21,22)/b10-3-. The lowest BCUT2D eigenvalue weighted by Gasteiger charge is -2.32. The molecule has 0 aliphatic carbocycles. The highest BCUT2D eigenvalue weighted by Gasteiger charge is 2.25. The first-order chi connectivity index (χ1) is 11.4. The van der Waals surface area contributed by atoms with Crippen LogP contribution in [0.25, 0.3) is 0 Å². The van der Waals surface area contributed by atoms with Gasteiger partial charge in [0.25, 0.3) is 0 Å². The summed E-state index contributed by atoms with van der Waals surface area (Å²) < 4.78 is 5.18. The van der Waals surface area contributed by atoms with Gasteiger partial charge >= 0.3 is 12.1 Å². The number of ether oxygens (including phenoxy) is 1. The first kappa shape index (κ1) is 18.1. The van der Waals surface area contributed by atoms with E-state index in [0.717, 1.165) is 0 Å². The molecule has 1 aromatic heterocycles. The lowest BCUT2D eigenvalue weighted by atomic mass is 10.0. The van der Waals surface area contributed by atoms with Crippen LogP contribution in [0.15, 0.2) is 24.1 Å². The molecule has 1 aromatic rings. The van der Waals surface area contributed by atoms with Crippen molar-refractivity contribution in [2.24, 2.45) is 0 Å². The monoisotopic (exact) mass is 353 g/mol. The van der Waals surface area contributed by atoms with Crippen LogP contribution in [0.1, 0.15) is 37.0 Å². The van der Waals surface area contributed by atoms with Gasteiger partial charge in [-0.15, -0.1) is 0 Å². The summed E-state index contributed by atoms with van der Waals surface area (Å²) >= 11 is 5.85. The van der Waals surface area contributed by atoms with Gasteiger partial charge in [0, 0.05) is 25.3 Å². The highest BCUT2D eigenvalue weighted by molar-refractivity contribution is 6.29. The number of pyridine rings is 1. The van der Waals surface area contributed by atoms with Gasteiger partial charge in [0.1, 0.15) is 16.5 Å². The summed E-state index contributed by atoms with van der Waals surface area (Å²) in [6.07, 6.45) is 3.97. The molecule has 8 heteroatoms. The minimum absolute atomic E-state index is 0.0495. The van der Waals surface area contributed by atoms with Crippen molar-refractivity contribution in [3.05, 3.63) is 34.8 Å². The van der Waals surface area contributed by atoms with Crippen LogP contribution in [0.2, 0.25) is 5.15 Å². The molecule has 0 bridgehead atoms. The number of hydrogen-bond acceptors (Lipinski definition) is 5. The van der Waals surface area contributed by atoms with Gasteiger partial charge in [-0.1, -0.05) is 11.6 Å². The van der Waals surface area contributed by atoms with Crippen LogP contribution in [-0.4, -0.2) is 46.2 Å². The Morgan fingerprint density at radius 3 is 2.71 bits per heavy atom. The topological polar surface area (TPSA) is 91.8 Å². The molecular weight excluding hydrogens is 334 g/mol. The highest BCUT2D eigenvalue weighted by atomic mass is 35.5. The van der Waals surface area contributed by atoms with Crippen molar-refractivity contribution in [1.82, 2.24) is 9.88 Å². The van der Waals surface area contributed by atoms with Crippen LogP contribution < -0.4 is 5.32 Å². The van der Waals surface area contributed by atoms with Crippen molar-refractivity contribution in [3.8, 4) is 0 Å². The number of allylic oxidation sites excluding steroid dienone is 2. The third-order valence-corrected chi connectivity index (χ3v) is 4.08. The van der Waals surface area contributed by atoms with E-state index in [9.17, 15) is 14.7 Å². The van der Waals surface area contributed by atoms with Gasteiger partial charge in [0.2, 0.25) is 0 Å². The largest absolute Gasteiger partial charge is 0.478 e. The third kappa shape index (κ3) is 4.61. The number of hydrogen-bond donors (Lipinski definition) is 2. The minimum atomic E-state index is -1.07. The smallest absolute Gasteiger partial charge is 0.414 e. The Balaban J connectivity index is 1.95. The second-order valence-corrected chi connectivity index (χ2v) is 5.92. The molecule has 2 N–H and O–H groups in total. The summed E-state index contributed by atoms with van der Waals surface area (Å²) in [4.78, 5) is 28.6. The Bertz CT molecular complexity index is 655. The van der Waals surface area contributed by atoms with Crippen molar-refractivity contribution >= 4 is 29.4 Å². The fourth-order valence-corrected chi connectivity index (χ4v) is 2.57. The van der Waals surface area contributed by atoms with Crippen molar-refractivity contribution in [3.63, 3.8) is 0 Å². The summed E-state index contributed by atoms with van der Waals surface area (Å²) in [5.41, 5.74) is 0.512. The van der Waals surface area contributed by atoms with E-state index in [2.05, 4.69) is 10.3 Å². The second-order valence-electron chi connectivity index (χ2n) is 5.53. The zero-order valence-electron chi connectivity index (χ0n) is 13.6. The molecule has 0 unspecified atom stereocenters. The van der Waals surface area contributed by atoms with E-state index in [1.165, 1.54) is 12.3 Å². The van der Waals surface area contributed by atoms with Gasteiger partial charge in [0.05, 0.1) is 5.69 Å². The number of amides is 1. The first-order valence-corrected chi connectivity index (χ1v) is 8.03. The van der Waals surface area contributed by atoms with Crippen molar-refractivity contribution in [1.29, 1.82) is 0 Å². The summed E-state index contributed by atoms with van der Waals surface area (Å²) in [5.74, 6) is -0.498. The summed E-state index contributed by atoms with van der Waals surface area (Å²) in [6.45, 7) is 4.61. The number of carbonyl (C=O) groups is 2. The van der Waals surface area contributed by atoms with E-state index in [4.69, 9.17) is 16.3 Å². The third-order valence-electron chi connectivity index (χ3n) is 3.87. The first-order valence-electron chi connectivity index (χ1n) is 7.65. The number of aromatic carboxylic acids is 1. The Morgan fingerprint density at radius 1 is 1.46 bits per heavy atom. The number of halogens is 1. The normalized spacial score (nSPS) is 16.0. The molecule has 1 aliphatic heterocycles. The zero-order valence-corrected chi connectivity index (χ0v) is 14.3. The number of piperidine rings is 1. The number of rotatable bonds is 4. The van der Waals surface area contributed by atoms with Crippen LogP contribution >= 0.6 is 11.6 Å². The molecule has 1 fully saturated rings. The number of nitrogens with zero attached hydrogens (tertiary/aromatic N) is 2. The quantitative estimate of drug-likeness (QED) is 0.637. The molecule has 24 heavy (non-hydrogen) atoms. The van der Waals surface area contributed by atoms with Gasteiger partial charge in [-0.3, -0.25) is 0 Å². The number of aromatic nitrogens is 1. The van der Waals surface area contributed by atoms with Crippen molar-refractivity contribution < 1.29 is 19.4 Å². The number of nitrogens with one attached hydrogen (secondary N) is 1. The van der Waals surface area contributed by atoms with Gasteiger partial charge in [-0.05, 0) is 38.8 Å². The number of likely N-dealkylation sites (tertiary alicyclic amines) is 1. The summed E-state index contributed by atoms with van der Waals surface area (Å²) in [7, 11) is 0. The predicted molar refractivity (Wildman–Crippen MR) is 90.3 cm³/mol. The number of carbonyl (C=O) groups excluding carboxylic acids is 1. The van der Waals surface area contributed by atoms with Crippen molar-refractivity contribution in [2.75, 3.05) is 18.4 Å². The molecule has 1 saturated heterocycles. The lowest BCUT2D eigenvalue weighted by molar-refractivity contribution is 0.0697. The Kier molecular flexibility index (Phi) is 6.03. The van der Waals surface area contributed by atoms with Crippen LogP contribution in [-0.2, 0) is 4.74 Å². The molecule has 2 rings (SSSR count). The van der Waals surface area contributed by atoms with Gasteiger partial charge in [-0.2, -0.15) is 0 Å². The lowest BCUT2D eigenvalue weighted by Crippen LogP contribution is -2.42. The number of carboxylic acid groups (broad SMARTS) is 1. The Morgan fingerprint density at radius 2 is 2.12 bits per heavy atom. The predicted octanol–water partition coefficient (Wildman–Crippen LogP) is 3.37. The molecule has 2 heterocycles. The molecule has 1 amide bonds. The van der Waals surface area contributed by atoms with E-state index in [0.29, 0.717) is 37.4 Å². The van der Waals surface area contributed by atoms with Gasteiger partial charge < -0.3 is 20.1 Å². The minimum Gasteiger partial charge on any atom is -0.478 e. The highest BCUT2D eigenvalue weighted by Crippen LogP contribution is 2.23. The van der Waals surface area contributed by atoms with Crippen molar-refractivity contribution in [2.45, 2.75) is 32.7 Å². The van der Waals surface area contributed by atoms with E-state index >= 15 is 0 Å². The molecule has 7 nitrogen and oxygen atoms in total. The maximum Gasteiger partial charge on any atom is 0.414 e. The molecule has 0 spiro atoms. The summed E-state index contributed by atoms with van der Waals surface area (Å²) in [6, 6.07) is 1.55. The van der Waals surface area contributed by atoms with Crippen LogP contribution in [0.5, 0.6) is 0 Å². The van der Waals surface area contributed by atoms with E-state index in [1.807, 2.05) is 0 Å². The van der Waals surface area contributed by atoms with Gasteiger partial charge in [-0.25, -0.2) is 14.6 Å². The Hall–Kier alpha value is -2.28. The van der Waals surface area contributed by atoms with Crippen LogP contribution in [0, 0.1) is 0 Å². The average molecular weight is 354 g/mol. The fourth-order valence-electron chi connectivity index (χ4n) is 2.41. The summed E-state index contributed by atoms with van der Waals surface area (Å²) in [5, 5.41) is 12.6. The van der Waals surface area contributed by atoms with Gasteiger partial charge in [0.15, 0.2) is 0 Å². The maximum absolute atomic E-state index is 12.0. The second kappa shape index (κ2) is 8.01. The van der Waals surface area contributed by atoms with Crippen LogP contribution in [0.3, 0.4) is 0 Å². The van der Waals surface area contributed by atoms with E-state index in [-0.39, 0.29) is 22.9 Å². The van der Waals surface area contributed by atoms with E-state index in [1.54, 1.807) is 24.8 Å². The SMILES string of the molecule is C/C=C(/C)OC(=O)N1CCC(Nc2cc(Cl)ncc2C(=O)O)CC1. The molecule has 0 atom stereocenters. The number of anilines is 1. The molecule has 1 aliphatic rings. The molecular formula is C16H20ClN3O4. The van der Waals surface area contributed by atoms with Crippen LogP contribution in [0.4, 0.5) is 10.5 Å². The molecule has 0 aromatic carbocycles. The average Bonchev–Trinajstić information content (AvgIpc) is 2.55. The number of carboxylic acids is 1. The fraction of sp³-hybridized carbons (Fsp3) is 0.438. The maximum atomic E-state index is 12.0. The van der Waals surface area contributed by atoms with E-state index < -0.39 is 5.97 Å².